The molecule has 2 N–H and O–H groups in total. The van der Waals surface area contributed by atoms with Gasteiger partial charge in [-0.2, -0.15) is 5.26 Å². The maximum Gasteiger partial charge on any atom is 0.235 e. The fourth-order valence-electron chi connectivity index (χ4n) is 2.22. The minimum atomic E-state index is -0.562. The standard InChI is InChI=1S/C14H22N4O/c1-4-14(5-2,6-3)17-13(19)11-18-8-7-16-10-12(18)9-15/h1,12,16H,5-8,10-11H2,2-3H3,(H,17,19). The molecule has 19 heavy (non-hydrogen) atoms. The maximum atomic E-state index is 12.1. The second-order valence-corrected chi connectivity index (χ2v) is 4.80. The molecule has 0 spiro atoms. The smallest absolute Gasteiger partial charge is 0.235 e. The zero-order valence-electron chi connectivity index (χ0n) is 11.7. The summed E-state index contributed by atoms with van der Waals surface area (Å²) in [6.07, 6.45) is 6.93. The lowest BCUT2D eigenvalue weighted by molar-refractivity contribution is -0.124. The second kappa shape index (κ2) is 7.13. The third-order valence-corrected chi connectivity index (χ3v) is 3.71. The van der Waals surface area contributed by atoms with Crippen molar-refractivity contribution in [2.75, 3.05) is 26.2 Å². The van der Waals surface area contributed by atoms with Crippen molar-refractivity contribution in [3.05, 3.63) is 0 Å². The molecule has 0 bridgehead atoms. The fraction of sp³-hybridized carbons (Fsp3) is 0.714. The largest absolute Gasteiger partial charge is 0.339 e. The van der Waals surface area contributed by atoms with E-state index in [2.05, 4.69) is 22.6 Å². The lowest BCUT2D eigenvalue weighted by Gasteiger charge is -2.33. The summed E-state index contributed by atoms with van der Waals surface area (Å²) in [5.41, 5.74) is -0.562. The van der Waals surface area contributed by atoms with Crippen LogP contribution in [0.2, 0.25) is 0 Å². The van der Waals surface area contributed by atoms with E-state index in [0.717, 1.165) is 6.54 Å². The van der Waals surface area contributed by atoms with Crippen molar-refractivity contribution >= 4 is 5.91 Å². The van der Waals surface area contributed by atoms with E-state index in [-0.39, 0.29) is 18.5 Å². The number of hydrogen-bond acceptors (Lipinski definition) is 4. The first kappa shape index (κ1) is 15.5. The van der Waals surface area contributed by atoms with E-state index in [4.69, 9.17) is 11.7 Å². The number of amides is 1. The first-order chi connectivity index (χ1) is 9.10. The lowest BCUT2D eigenvalue weighted by Crippen LogP contribution is -2.56. The van der Waals surface area contributed by atoms with Crippen molar-refractivity contribution in [1.29, 1.82) is 5.26 Å². The van der Waals surface area contributed by atoms with Crippen LogP contribution in [0.1, 0.15) is 26.7 Å². The van der Waals surface area contributed by atoms with Gasteiger partial charge in [0.2, 0.25) is 5.91 Å². The SMILES string of the molecule is C#CC(CC)(CC)NC(=O)CN1CCNCC1C#N. The van der Waals surface area contributed by atoms with E-state index in [1.54, 1.807) is 0 Å². The van der Waals surface area contributed by atoms with Crippen molar-refractivity contribution in [3.8, 4) is 18.4 Å². The molecule has 1 rings (SSSR count). The molecular formula is C14H22N4O. The van der Waals surface area contributed by atoms with Gasteiger partial charge < -0.3 is 10.6 Å². The van der Waals surface area contributed by atoms with Crippen molar-refractivity contribution in [2.45, 2.75) is 38.3 Å². The Labute approximate surface area is 115 Å². The van der Waals surface area contributed by atoms with Gasteiger partial charge in [-0.1, -0.05) is 19.8 Å². The molecule has 1 heterocycles. The van der Waals surface area contributed by atoms with Crippen LogP contribution in [0, 0.1) is 23.7 Å². The molecule has 0 aromatic heterocycles. The quantitative estimate of drug-likeness (QED) is 0.689. The molecule has 1 aliphatic heterocycles. The number of nitriles is 1. The topological polar surface area (TPSA) is 68.2 Å². The zero-order chi connectivity index (χ0) is 14.3. The average Bonchev–Trinajstić information content (AvgIpc) is 2.45. The van der Waals surface area contributed by atoms with E-state index in [0.29, 0.717) is 25.9 Å². The molecule has 0 radical (unpaired) electrons. The van der Waals surface area contributed by atoms with E-state index in [1.165, 1.54) is 0 Å². The van der Waals surface area contributed by atoms with Gasteiger partial charge in [-0.15, -0.1) is 6.42 Å². The molecule has 1 unspecified atom stereocenters. The molecule has 1 amide bonds. The van der Waals surface area contributed by atoms with Gasteiger partial charge in [-0.05, 0) is 12.8 Å². The lowest BCUT2D eigenvalue weighted by atomic mass is 9.94. The van der Waals surface area contributed by atoms with Crippen molar-refractivity contribution in [3.63, 3.8) is 0 Å². The molecule has 0 aliphatic carbocycles. The van der Waals surface area contributed by atoms with E-state index < -0.39 is 5.54 Å². The summed E-state index contributed by atoms with van der Waals surface area (Å²) in [6.45, 7) is 6.26. The number of nitrogens with zero attached hydrogens (tertiary/aromatic N) is 2. The molecule has 5 nitrogen and oxygen atoms in total. The first-order valence-corrected chi connectivity index (χ1v) is 6.74. The predicted molar refractivity (Wildman–Crippen MR) is 74.1 cm³/mol. The minimum Gasteiger partial charge on any atom is -0.339 e. The van der Waals surface area contributed by atoms with Crippen LogP contribution in [0.25, 0.3) is 0 Å². The second-order valence-electron chi connectivity index (χ2n) is 4.80. The molecule has 104 valence electrons. The minimum absolute atomic E-state index is 0.108. The summed E-state index contributed by atoms with van der Waals surface area (Å²) < 4.78 is 0. The van der Waals surface area contributed by atoms with Crippen LogP contribution in [0.3, 0.4) is 0 Å². The molecule has 5 heteroatoms. The Morgan fingerprint density at radius 2 is 2.26 bits per heavy atom. The molecule has 1 saturated heterocycles. The van der Waals surface area contributed by atoms with Crippen LogP contribution in [0.4, 0.5) is 0 Å². The van der Waals surface area contributed by atoms with Crippen LogP contribution in [-0.4, -0.2) is 48.6 Å². The fourth-order valence-corrected chi connectivity index (χ4v) is 2.22. The van der Waals surface area contributed by atoms with E-state index >= 15 is 0 Å². The van der Waals surface area contributed by atoms with Gasteiger partial charge in [0.25, 0.3) is 0 Å². The average molecular weight is 262 g/mol. The third-order valence-electron chi connectivity index (χ3n) is 3.71. The van der Waals surface area contributed by atoms with Crippen LogP contribution in [0.15, 0.2) is 0 Å². The van der Waals surface area contributed by atoms with E-state index in [1.807, 2.05) is 18.7 Å². The van der Waals surface area contributed by atoms with Crippen LogP contribution >= 0.6 is 0 Å². The van der Waals surface area contributed by atoms with Gasteiger partial charge in [-0.25, -0.2) is 0 Å². The van der Waals surface area contributed by atoms with Gasteiger partial charge in [0.05, 0.1) is 12.6 Å². The summed E-state index contributed by atoms with van der Waals surface area (Å²) >= 11 is 0. The van der Waals surface area contributed by atoms with Crippen molar-refractivity contribution in [1.82, 2.24) is 15.5 Å². The Hall–Kier alpha value is -1.56. The summed E-state index contributed by atoms with van der Waals surface area (Å²) in [7, 11) is 0. The molecule has 0 aromatic carbocycles. The van der Waals surface area contributed by atoms with Crippen molar-refractivity contribution < 1.29 is 4.79 Å². The zero-order valence-corrected chi connectivity index (χ0v) is 11.7. The molecule has 0 saturated carbocycles. The molecule has 1 aliphatic rings. The van der Waals surface area contributed by atoms with Crippen LogP contribution < -0.4 is 10.6 Å². The monoisotopic (exact) mass is 262 g/mol. The number of carbonyl (C=O) groups excluding carboxylic acids is 1. The van der Waals surface area contributed by atoms with Gasteiger partial charge in [-0.3, -0.25) is 9.69 Å². The molecule has 1 atom stereocenters. The predicted octanol–water partition coefficient (Wildman–Crippen LogP) is 0.0920. The maximum absolute atomic E-state index is 12.1. The highest BCUT2D eigenvalue weighted by Crippen LogP contribution is 2.13. The Balaban J connectivity index is 2.60. The Morgan fingerprint density at radius 3 is 2.79 bits per heavy atom. The number of piperazine rings is 1. The highest BCUT2D eigenvalue weighted by molar-refractivity contribution is 5.79. The van der Waals surface area contributed by atoms with Gasteiger partial charge in [0.1, 0.15) is 11.6 Å². The van der Waals surface area contributed by atoms with Gasteiger partial charge >= 0.3 is 0 Å². The van der Waals surface area contributed by atoms with Gasteiger partial charge in [0.15, 0.2) is 0 Å². The van der Waals surface area contributed by atoms with Crippen LogP contribution in [-0.2, 0) is 4.79 Å². The Bertz CT molecular complexity index is 389. The number of carbonyl (C=O) groups is 1. The number of terminal acetylenes is 1. The number of rotatable bonds is 5. The van der Waals surface area contributed by atoms with Crippen molar-refractivity contribution in [2.24, 2.45) is 0 Å². The number of nitrogens with one attached hydrogen (secondary N) is 2. The Kier molecular flexibility index (Phi) is 5.82. The molecule has 1 fully saturated rings. The van der Waals surface area contributed by atoms with Gasteiger partial charge in [0, 0.05) is 19.6 Å². The third kappa shape index (κ3) is 3.96. The normalized spacial score (nSPS) is 20.3. The summed E-state index contributed by atoms with van der Waals surface area (Å²) in [6, 6.07) is 1.96. The van der Waals surface area contributed by atoms with E-state index in [9.17, 15) is 4.79 Å². The Morgan fingerprint density at radius 1 is 1.58 bits per heavy atom. The molecule has 0 aromatic rings. The summed E-state index contributed by atoms with van der Waals surface area (Å²) in [5, 5.41) is 15.1. The highest BCUT2D eigenvalue weighted by atomic mass is 16.2. The summed E-state index contributed by atoms with van der Waals surface area (Å²) in [4.78, 5) is 14.0. The highest BCUT2D eigenvalue weighted by Gasteiger charge is 2.28. The first-order valence-electron chi connectivity index (χ1n) is 6.74. The number of hydrogen-bond donors (Lipinski definition) is 2. The van der Waals surface area contributed by atoms with Crippen LogP contribution in [0.5, 0.6) is 0 Å². The summed E-state index contributed by atoms with van der Waals surface area (Å²) in [5.74, 6) is 2.57. The molecular weight excluding hydrogens is 240 g/mol.